The summed E-state index contributed by atoms with van der Waals surface area (Å²) >= 11 is 0. The second-order valence-corrected chi connectivity index (χ2v) is 6.43. The standard InChI is InChI=1S/C16H22N2O4/c1-16(2,3)22-15(21)12-8-5-9-18(12)14(20)10-6-4-7-11(17)13(10)19/h4,6-7,12,19H,5,8-9,17H2,1-3H3/t12-/m1/s1. The molecule has 6 nitrogen and oxygen atoms in total. The topological polar surface area (TPSA) is 92.9 Å². The second-order valence-electron chi connectivity index (χ2n) is 6.43. The third-order valence-corrected chi connectivity index (χ3v) is 3.49. The van der Waals surface area contributed by atoms with E-state index in [1.165, 1.54) is 17.0 Å². The molecule has 0 radical (unpaired) electrons. The van der Waals surface area contributed by atoms with Crippen molar-refractivity contribution in [2.75, 3.05) is 12.3 Å². The zero-order valence-corrected chi connectivity index (χ0v) is 13.1. The third kappa shape index (κ3) is 3.32. The number of rotatable bonds is 2. The zero-order chi connectivity index (χ0) is 16.5. The highest BCUT2D eigenvalue weighted by atomic mass is 16.6. The Morgan fingerprint density at radius 2 is 2.05 bits per heavy atom. The highest BCUT2D eigenvalue weighted by molar-refractivity contribution is 6.00. The number of hydrogen-bond donors (Lipinski definition) is 2. The van der Waals surface area contributed by atoms with Gasteiger partial charge >= 0.3 is 5.97 Å². The fraction of sp³-hybridized carbons (Fsp3) is 0.500. The van der Waals surface area contributed by atoms with E-state index in [9.17, 15) is 14.7 Å². The normalized spacial score (nSPS) is 18.3. The van der Waals surface area contributed by atoms with E-state index in [-0.39, 0.29) is 17.0 Å². The predicted molar refractivity (Wildman–Crippen MR) is 82.4 cm³/mol. The molecule has 0 spiro atoms. The quantitative estimate of drug-likeness (QED) is 0.495. The van der Waals surface area contributed by atoms with Crippen LogP contribution in [0.4, 0.5) is 5.69 Å². The van der Waals surface area contributed by atoms with Gasteiger partial charge in [0.05, 0.1) is 11.3 Å². The molecule has 1 fully saturated rings. The molecule has 0 unspecified atom stereocenters. The average molecular weight is 306 g/mol. The summed E-state index contributed by atoms with van der Waals surface area (Å²) in [5.74, 6) is -1.07. The summed E-state index contributed by atoms with van der Waals surface area (Å²) in [6.45, 7) is 5.82. The number of benzene rings is 1. The van der Waals surface area contributed by atoms with Gasteiger partial charge in [-0.25, -0.2) is 4.79 Å². The molecule has 1 atom stereocenters. The first-order chi connectivity index (χ1) is 10.2. The molecule has 1 saturated heterocycles. The van der Waals surface area contributed by atoms with E-state index in [0.29, 0.717) is 13.0 Å². The number of aromatic hydroxyl groups is 1. The summed E-state index contributed by atoms with van der Waals surface area (Å²) in [5, 5.41) is 9.95. The zero-order valence-electron chi connectivity index (χ0n) is 13.1. The Morgan fingerprint density at radius 1 is 1.36 bits per heavy atom. The predicted octanol–water partition coefficient (Wildman–Crippen LogP) is 1.92. The van der Waals surface area contributed by atoms with Crippen LogP contribution in [0, 0.1) is 0 Å². The van der Waals surface area contributed by atoms with Crippen LogP contribution in [0.15, 0.2) is 18.2 Å². The number of anilines is 1. The average Bonchev–Trinajstić information content (AvgIpc) is 2.88. The number of ether oxygens (including phenoxy) is 1. The van der Waals surface area contributed by atoms with Gasteiger partial charge in [-0.15, -0.1) is 0 Å². The third-order valence-electron chi connectivity index (χ3n) is 3.49. The minimum Gasteiger partial charge on any atom is -0.505 e. The van der Waals surface area contributed by atoms with Gasteiger partial charge < -0.3 is 20.5 Å². The lowest BCUT2D eigenvalue weighted by Gasteiger charge is -2.27. The number of phenols is 1. The lowest BCUT2D eigenvalue weighted by atomic mass is 10.1. The number of carbonyl (C=O) groups is 2. The van der Waals surface area contributed by atoms with Crippen LogP contribution in [0.1, 0.15) is 44.0 Å². The minimum atomic E-state index is -0.618. The molecular weight excluding hydrogens is 284 g/mol. The van der Waals surface area contributed by atoms with Gasteiger partial charge in [-0.1, -0.05) is 6.07 Å². The van der Waals surface area contributed by atoms with Crippen LogP contribution in [0.2, 0.25) is 0 Å². The van der Waals surface area contributed by atoms with Crippen LogP contribution in [0.25, 0.3) is 0 Å². The largest absolute Gasteiger partial charge is 0.505 e. The summed E-state index contributed by atoms with van der Waals surface area (Å²) in [6.07, 6.45) is 1.28. The van der Waals surface area contributed by atoms with E-state index in [1.54, 1.807) is 26.8 Å². The Bertz CT molecular complexity index is 592. The molecule has 1 aromatic carbocycles. The second kappa shape index (κ2) is 5.87. The molecule has 1 aliphatic rings. The van der Waals surface area contributed by atoms with Gasteiger partial charge in [0, 0.05) is 6.54 Å². The van der Waals surface area contributed by atoms with Crippen molar-refractivity contribution in [2.45, 2.75) is 45.3 Å². The van der Waals surface area contributed by atoms with E-state index in [1.807, 2.05) is 0 Å². The molecule has 6 heteroatoms. The van der Waals surface area contributed by atoms with Crippen LogP contribution in [-0.2, 0) is 9.53 Å². The van der Waals surface area contributed by atoms with Gasteiger partial charge in [0.1, 0.15) is 11.6 Å². The number of hydrogen-bond acceptors (Lipinski definition) is 5. The van der Waals surface area contributed by atoms with Crippen molar-refractivity contribution in [1.29, 1.82) is 0 Å². The lowest BCUT2D eigenvalue weighted by Crippen LogP contribution is -2.43. The summed E-state index contributed by atoms with van der Waals surface area (Å²) in [7, 11) is 0. The number of nitrogens with two attached hydrogens (primary N) is 1. The SMILES string of the molecule is CC(C)(C)OC(=O)[C@H]1CCCN1C(=O)c1cccc(N)c1O. The molecule has 2 rings (SSSR count). The lowest BCUT2D eigenvalue weighted by molar-refractivity contribution is -0.159. The van der Waals surface area contributed by atoms with Crippen LogP contribution in [0.5, 0.6) is 5.75 Å². The van der Waals surface area contributed by atoms with Gasteiger partial charge in [0.15, 0.2) is 5.75 Å². The van der Waals surface area contributed by atoms with Gasteiger partial charge in [0.2, 0.25) is 0 Å². The summed E-state index contributed by atoms with van der Waals surface area (Å²) < 4.78 is 5.37. The fourth-order valence-electron chi connectivity index (χ4n) is 2.51. The van der Waals surface area contributed by atoms with Gasteiger partial charge in [-0.3, -0.25) is 4.79 Å². The van der Waals surface area contributed by atoms with E-state index in [4.69, 9.17) is 10.5 Å². The molecular formula is C16H22N2O4. The molecule has 0 bridgehead atoms. The first-order valence-electron chi connectivity index (χ1n) is 7.32. The molecule has 0 aliphatic carbocycles. The van der Waals surface area contributed by atoms with E-state index < -0.39 is 23.5 Å². The van der Waals surface area contributed by atoms with E-state index >= 15 is 0 Å². The Morgan fingerprint density at radius 3 is 2.68 bits per heavy atom. The molecule has 1 heterocycles. The molecule has 0 saturated carbocycles. The molecule has 3 N–H and O–H groups in total. The van der Waals surface area contributed by atoms with Crippen LogP contribution < -0.4 is 5.73 Å². The van der Waals surface area contributed by atoms with E-state index in [0.717, 1.165) is 6.42 Å². The molecule has 1 aliphatic heterocycles. The number of carbonyl (C=O) groups excluding carboxylic acids is 2. The monoisotopic (exact) mass is 306 g/mol. The summed E-state index contributed by atoms with van der Waals surface area (Å²) in [4.78, 5) is 26.3. The Kier molecular flexibility index (Phi) is 4.30. The number of amides is 1. The minimum absolute atomic E-state index is 0.107. The highest BCUT2D eigenvalue weighted by Gasteiger charge is 2.38. The van der Waals surface area contributed by atoms with Gasteiger partial charge in [0.25, 0.3) is 5.91 Å². The fourth-order valence-corrected chi connectivity index (χ4v) is 2.51. The van der Waals surface area contributed by atoms with E-state index in [2.05, 4.69) is 0 Å². The number of likely N-dealkylation sites (tertiary alicyclic amines) is 1. The number of nitrogen functional groups attached to an aromatic ring is 1. The maximum atomic E-state index is 12.6. The number of nitrogens with zero attached hydrogens (tertiary/aromatic N) is 1. The van der Waals surface area contributed by atoms with Gasteiger partial charge in [-0.2, -0.15) is 0 Å². The van der Waals surface area contributed by atoms with Crippen molar-refractivity contribution in [3.63, 3.8) is 0 Å². The maximum absolute atomic E-state index is 12.6. The molecule has 22 heavy (non-hydrogen) atoms. The first kappa shape index (κ1) is 16.1. The highest BCUT2D eigenvalue weighted by Crippen LogP contribution is 2.29. The van der Waals surface area contributed by atoms with Crippen molar-refractivity contribution in [3.8, 4) is 5.75 Å². The molecule has 1 aromatic rings. The van der Waals surface area contributed by atoms with Crippen molar-refractivity contribution in [1.82, 2.24) is 4.90 Å². The van der Waals surface area contributed by atoms with Crippen molar-refractivity contribution in [2.24, 2.45) is 0 Å². The van der Waals surface area contributed by atoms with Crippen LogP contribution in [0.3, 0.4) is 0 Å². The van der Waals surface area contributed by atoms with Crippen LogP contribution in [-0.4, -0.2) is 40.1 Å². The Balaban J connectivity index is 2.22. The maximum Gasteiger partial charge on any atom is 0.329 e. The number of esters is 1. The van der Waals surface area contributed by atoms with Crippen molar-refractivity contribution >= 4 is 17.6 Å². The van der Waals surface area contributed by atoms with Crippen molar-refractivity contribution < 1.29 is 19.4 Å². The smallest absolute Gasteiger partial charge is 0.329 e. The molecule has 1 amide bonds. The number of phenolic OH excluding ortho intramolecular Hbond substituents is 1. The number of para-hydroxylation sites is 1. The Hall–Kier alpha value is -2.24. The molecule has 120 valence electrons. The first-order valence-corrected chi connectivity index (χ1v) is 7.32. The van der Waals surface area contributed by atoms with Crippen LogP contribution >= 0.6 is 0 Å². The Labute approximate surface area is 129 Å². The summed E-state index contributed by atoms with van der Waals surface area (Å²) in [5.41, 5.74) is 5.26. The molecule has 0 aromatic heterocycles. The summed E-state index contributed by atoms with van der Waals surface area (Å²) in [6, 6.07) is 3.99. The van der Waals surface area contributed by atoms with Crippen molar-refractivity contribution in [3.05, 3.63) is 23.8 Å². The van der Waals surface area contributed by atoms with Gasteiger partial charge in [-0.05, 0) is 45.7 Å².